The van der Waals surface area contributed by atoms with Crippen LogP contribution < -0.4 is 14.4 Å². The summed E-state index contributed by atoms with van der Waals surface area (Å²) in [7, 11) is 5.35. The molecule has 0 unspecified atom stereocenters. The van der Waals surface area contributed by atoms with Gasteiger partial charge in [0, 0.05) is 36.4 Å². The second kappa shape index (κ2) is 8.28. The molecule has 0 saturated heterocycles. The minimum atomic E-state index is 0.674. The van der Waals surface area contributed by atoms with E-state index in [2.05, 4.69) is 30.8 Å². The van der Waals surface area contributed by atoms with Gasteiger partial charge in [0.25, 0.3) is 0 Å². The molecule has 0 amide bonds. The molecule has 0 spiro atoms. The average Bonchev–Trinajstić information content (AvgIpc) is 3.07. The van der Waals surface area contributed by atoms with Crippen molar-refractivity contribution in [3.05, 3.63) is 58.7 Å². The summed E-state index contributed by atoms with van der Waals surface area (Å²) < 4.78 is 10.8. The Balaban J connectivity index is 1.78. The molecule has 0 fully saturated rings. The van der Waals surface area contributed by atoms with Crippen molar-refractivity contribution in [3.8, 4) is 22.9 Å². The lowest BCUT2D eigenvalue weighted by molar-refractivity contribution is 0.354. The zero-order valence-corrected chi connectivity index (χ0v) is 18.6. The SMILES string of the molecule is COc1ccc(CN(C)c2nc(-c3cccnc3)nc3sc(C)c(C)c23)cc1OC. The quantitative estimate of drug-likeness (QED) is 0.436. The number of thiophene rings is 1. The van der Waals surface area contributed by atoms with Crippen molar-refractivity contribution in [3.63, 3.8) is 0 Å². The van der Waals surface area contributed by atoms with Crippen molar-refractivity contribution < 1.29 is 9.47 Å². The number of ether oxygens (including phenoxy) is 2. The molecule has 4 aromatic rings. The van der Waals surface area contributed by atoms with Crippen LogP contribution in [0.25, 0.3) is 21.6 Å². The molecule has 3 heterocycles. The minimum absolute atomic E-state index is 0.674. The second-order valence-electron chi connectivity index (χ2n) is 7.12. The van der Waals surface area contributed by atoms with Gasteiger partial charge in [0.05, 0.1) is 19.6 Å². The molecule has 0 aliphatic rings. The van der Waals surface area contributed by atoms with Gasteiger partial charge in [0.1, 0.15) is 10.6 Å². The van der Waals surface area contributed by atoms with E-state index in [1.54, 1.807) is 38.0 Å². The third kappa shape index (κ3) is 3.68. The first-order valence-corrected chi connectivity index (χ1v) is 10.4. The maximum absolute atomic E-state index is 5.46. The number of aromatic nitrogens is 3. The smallest absolute Gasteiger partial charge is 0.164 e. The van der Waals surface area contributed by atoms with Gasteiger partial charge in [-0.3, -0.25) is 4.98 Å². The summed E-state index contributed by atoms with van der Waals surface area (Å²) in [6, 6.07) is 9.87. The highest BCUT2D eigenvalue weighted by molar-refractivity contribution is 7.18. The average molecular weight is 421 g/mol. The Labute approximate surface area is 180 Å². The van der Waals surface area contributed by atoms with E-state index in [4.69, 9.17) is 19.4 Å². The summed E-state index contributed by atoms with van der Waals surface area (Å²) in [6.45, 7) is 4.94. The Bertz CT molecular complexity index is 1190. The van der Waals surface area contributed by atoms with Crippen molar-refractivity contribution >= 4 is 27.4 Å². The van der Waals surface area contributed by atoms with Gasteiger partial charge in [-0.25, -0.2) is 9.97 Å². The first kappa shape index (κ1) is 20.1. The number of fused-ring (bicyclic) bond motifs is 1. The maximum atomic E-state index is 5.46. The summed E-state index contributed by atoms with van der Waals surface area (Å²) in [5.74, 6) is 3.04. The highest BCUT2D eigenvalue weighted by Crippen LogP contribution is 2.37. The van der Waals surface area contributed by atoms with E-state index in [0.717, 1.165) is 38.7 Å². The first-order chi connectivity index (χ1) is 14.5. The van der Waals surface area contributed by atoms with Crippen LogP contribution in [0, 0.1) is 13.8 Å². The first-order valence-electron chi connectivity index (χ1n) is 9.62. The van der Waals surface area contributed by atoms with Gasteiger partial charge in [0.15, 0.2) is 17.3 Å². The van der Waals surface area contributed by atoms with Crippen LogP contribution in [0.15, 0.2) is 42.7 Å². The Kier molecular flexibility index (Phi) is 5.55. The van der Waals surface area contributed by atoms with E-state index < -0.39 is 0 Å². The standard InChI is InChI=1S/C23H24N4O2S/c1-14-15(2)30-23-20(14)22(25-21(26-23)17-7-6-10-24-12-17)27(3)13-16-8-9-18(28-4)19(11-16)29-5/h6-12H,13H2,1-5H3. The molecule has 0 radical (unpaired) electrons. The van der Waals surface area contributed by atoms with Crippen LogP contribution in [0.4, 0.5) is 5.82 Å². The summed E-state index contributed by atoms with van der Waals surface area (Å²) >= 11 is 1.70. The van der Waals surface area contributed by atoms with Crippen molar-refractivity contribution in [1.82, 2.24) is 15.0 Å². The Morgan fingerprint density at radius 2 is 1.83 bits per heavy atom. The number of methoxy groups -OCH3 is 2. The summed E-state index contributed by atoms with van der Waals surface area (Å²) in [5.41, 5.74) is 3.24. The number of hydrogen-bond acceptors (Lipinski definition) is 7. The summed E-state index contributed by atoms with van der Waals surface area (Å²) in [4.78, 5) is 18.4. The van der Waals surface area contributed by atoms with Gasteiger partial charge >= 0.3 is 0 Å². The lowest BCUT2D eigenvalue weighted by Crippen LogP contribution is -2.19. The zero-order chi connectivity index (χ0) is 21.3. The predicted octanol–water partition coefficient (Wildman–Crippen LogP) is 5.02. The van der Waals surface area contributed by atoms with Crippen LogP contribution in [-0.2, 0) is 6.54 Å². The van der Waals surface area contributed by atoms with Crippen LogP contribution in [0.3, 0.4) is 0 Å². The molecule has 0 aliphatic heterocycles. The van der Waals surface area contributed by atoms with Crippen molar-refractivity contribution in [2.75, 3.05) is 26.2 Å². The molecule has 6 nitrogen and oxygen atoms in total. The Morgan fingerprint density at radius 3 is 2.53 bits per heavy atom. The number of benzene rings is 1. The Hall–Kier alpha value is -3.19. The molecule has 7 heteroatoms. The highest BCUT2D eigenvalue weighted by atomic mass is 32.1. The number of aryl methyl sites for hydroxylation is 2. The van der Waals surface area contributed by atoms with E-state index in [-0.39, 0.29) is 0 Å². The summed E-state index contributed by atoms with van der Waals surface area (Å²) in [5, 5.41) is 1.10. The molecule has 0 bridgehead atoms. The lowest BCUT2D eigenvalue weighted by Gasteiger charge is -2.21. The topological polar surface area (TPSA) is 60.4 Å². The number of rotatable bonds is 6. The molecular weight excluding hydrogens is 396 g/mol. The molecule has 4 rings (SSSR count). The Morgan fingerprint density at radius 1 is 1.03 bits per heavy atom. The monoisotopic (exact) mass is 420 g/mol. The van der Waals surface area contributed by atoms with Crippen molar-refractivity contribution in [2.45, 2.75) is 20.4 Å². The van der Waals surface area contributed by atoms with E-state index in [1.165, 1.54) is 10.4 Å². The molecular formula is C23H24N4O2S. The molecule has 1 aromatic carbocycles. The van der Waals surface area contributed by atoms with E-state index in [9.17, 15) is 0 Å². The molecule has 0 atom stereocenters. The zero-order valence-electron chi connectivity index (χ0n) is 17.8. The van der Waals surface area contributed by atoms with Crippen LogP contribution in [-0.4, -0.2) is 36.2 Å². The van der Waals surface area contributed by atoms with Crippen LogP contribution in [0.2, 0.25) is 0 Å². The highest BCUT2D eigenvalue weighted by Gasteiger charge is 2.19. The van der Waals surface area contributed by atoms with Crippen LogP contribution in [0.5, 0.6) is 11.5 Å². The maximum Gasteiger partial charge on any atom is 0.164 e. The van der Waals surface area contributed by atoms with Gasteiger partial charge in [-0.2, -0.15) is 0 Å². The minimum Gasteiger partial charge on any atom is -0.493 e. The predicted molar refractivity (Wildman–Crippen MR) is 122 cm³/mol. The van der Waals surface area contributed by atoms with Gasteiger partial charge in [-0.15, -0.1) is 11.3 Å². The van der Waals surface area contributed by atoms with Crippen molar-refractivity contribution in [2.24, 2.45) is 0 Å². The largest absolute Gasteiger partial charge is 0.493 e. The van der Waals surface area contributed by atoms with Gasteiger partial charge in [-0.1, -0.05) is 6.07 Å². The molecule has 154 valence electrons. The lowest BCUT2D eigenvalue weighted by atomic mass is 10.1. The molecule has 0 saturated carbocycles. The third-order valence-corrected chi connectivity index (χ3v) is 6.26. The fourth-order valence-corrected chi connectivity index (χ4v) is 4.48. The van der Waals surface area contributed by atoms with Gasteiger partial charge < -0.3 is 14.4 Å². The van der Waals surface area contributed by atoms with Gasteiger partial charge in [0.2, 0.25) is 0 Å². The molecule has 30 heavy (non-hydrogen) atoms. The molecule has 0 N–H and O–H groups in total. The number of anilines is 1. The van der Waals surface area contributed by atoms with E-state index in [0.29, 0.717) is 12.4 Å². The third-order valence-electron chi connectivity index (χ3n) is 5.16. The normalized spacial score (nSPS) is 11.0. The second-order valence-corrected chi connectivity index (χ2v) is 8.32. The number of hydrogen-bond donors (Lipinski definition) is 0. The molecule has 0 aliphatic carbocycles. The molecule has 3 aromatic heterocycles. The van der Waals surface area contributed by atoms with E-state index >= 15 is 0 Å². The number of pyridine rings is 1. The van der Waals surface area contributed by atoms with Crippen LogP contribution in [0.1, 0.15) is 16.0 Å². The summed E-state index contributed by atoms with van der Waals surface area (Å²) in [6.07, 6.45) is 3.55. The van der Waals surface area contributed by atoms with Crippen molar-refractivity contribution in [1.29, 1.82) is 0 Å². The fraction of sp³-hybridized carbons (Fsp3) is 0.261. The van der Waals surface area contributed by atoms with E-state index in [1.807, 2.05) is 30.3 Å². The van der Waals surface area contributed by atoms with Gasteiger partial charge in [-0.05, 0) is 49.2 Å². The fourth-order valence-electron chi connectivity index (χ4n) is 3.46. The number of nitrogens with zero attached hydrogens (tertiary/aromatic N) is 4. The van der Waals surface area contributed by atoms with Crippen LogP contribution >= 0.6 is 11.3 Å².